The molecule has 19 heavy (non-hydrogen) atoms. The molecule has 1 aromatic carbocycles. The number of nitrogens with one attached hydrogen (secondary N) is 3. The summed E-state index contributed by atoms with van der Waals surface area (Å²) < 4.78 is 5.57. The van der Waals surface area contributed by atoms with Gasteiger partial charge in [-0.15, -0.1) is 0 Å². The van der Waals surface area contributed by atoms with Crippen molar-refractivity contribution >= 4 is 11.6 Å². The van der Waals surface area contributed by atoms with Crippen molar-refractivity contribution in [2.45, 2.75) is 25.5 Å². The number of hydrogen-bond acceptors (Lipinski definition) is 4. The third-order valence-corrected chi connectivity index (χ3v) is 3.84. The summed E-state index contributed by atoms with van der Waals surface area (Å²) in [4.78, 5) is 11.7. The first-order chi connectivity index (χ1) is 9.08. The Morgan fingerprint density at radius 2 is 2.21 bits per heavy atom. The minimum atomic E-state index is -0.427. The molecule has 2 unspecified atom stereocenters. The molecule has 2 aliphatic heterocycles. The van der Waals surface area contributed by atoms with Gasteiger partial charge < -0.3 is 20.7 Å². The van der Waals surface area contributed by atoms with Crippen LogP contribution in [0.2, 0.25) is 0 Å². The van der Waals surface area contributed by atoms with Crippen LogP contribution < -0.4 is 20.7 Å². The van der Waals surface area contributed by atoms with Gasteiger partial charge in [0.05, 0.1) is 11.2 Å². The summed E-state index contributed by atoms with van der Waals surface area (Å²) in [6.07, 6.45) is -0.427. The van der Waals surface area contributed by atoms with Gasteiger partial charge in [0.15, 0.2) is 6.10 Å². The molecule has 0 aromatic heterocycles. The average molecular weight is 261 g/mol. The van der Waals surface area contributed by atoms with Crippen LogP contribution in [0.15, 0.2) is 18.2 Å². The van der Waals surface area contributed by atoms with E-state index in [0.29, 0.717) is 0 Å². The van der Waals surface area contributed by atoms with Crippen molar-refractivity contribution in [2.75, 3.05) is 25.0 Å². The van der Waals surface area contributed by atoms with Crippen LogP contribution in [0.25, 0.3) is 0 Å². The summed E-state index contributed by atoms with van der Waals surface area (Å²) in [6, 6.07) is 5.99. The second-order valence-corrected chi connectivity index (χ2v) is 5.40. The zero-order chi connectivity index (χ0) is 13.5. The quantitative estimate of drug-likeness (QED) is 0.700. The highest BCUT2D eigenvalue weighted by molar-refractivity contribution is 5.97. The van der Waals surface area contributed by atoms with E-state index >= 15 is 0 Å². The number of benzene rings is 1. The van der Waals surface area contributed by atoms with Crippen molar-refractivity contribution in [2.24, 2.45) is 0 Å². The van der Waals surface area contributed by atoms with Crippen molar-refractivity contribution in [3.8, 4) is 5.75 Å². The van der Waals surface area contributed by atoms with Gasteiger partial charge in [-0.05, 0) is 31.5 Å². The fourth-order valence-corrected chi connectivity index (χ4v) is 2.58. The second kappa shape index (κ2) is 4.51. The van der Waals surface area contributed by atoms with E-state index in [2.05, 4.69) is 28.9 Å². The summed E-state index contributed by atoms with van der Waals surface area (Å²) in [6.45, 7) is 6.71. The highest BCUT2D eigenvalue weighted by atomic mass is 16.5. The normalized spacial score (nSPS) is 30.2. The molecule has 3 rings (SSSR count). The summed E-state index contributed by atoms with van der Waals surface area (Å²) in [5, 5.41) is 9.81. The van der Waals surface area contributed by atoms with Gasteiger partial charge >= 0.3 is 0 Å². The van der Waals surface area contributed by atoms with Crippen molar-refractivity contribution in [3.63, 3.8) is 0 Å². The van der Waals surface area contributed by atoms with E-state index < -0.39 is 6.10 Å². The number of amides is 1. The Labute approximate surface area is 112 Å². The van der Waals surface area contributed by atoms with Crippen LogP contribution in [0.4, 0.5) is 5.69 Å². The highest BCUT2D eigenvalue weighted by Gasteiger charge is 2.30. The number of carbonyl (C=O) groups is 1. The monoisotopic (exact) mass is 261 g/mol. The minimum absolute atomic E-state index is 0.0930. The Bertz CT molecular complexity index is 509. The van der Waals surface area contributed by atoms with Crippen molar-refractivity contribution < 1.29 is 9.53 Å². The molecule has 102 valence electrons. The van der Waals surface area contributed by atoms with E-state index in [0.717, 1.165) is 36.6 Å². The van der Waals surface area contributed by atoms with Crippen molar-refractivity contribution in [1.82, 2.24) is 10.6 Å². The maximum absolute atomic E-state index is 11.7. The zero-order valence-corrected chi connectivity index (χ0v) is 11.2. The Balaban J connectivity index is 1.93. The molecule has 0 saturated carbocycles. The van der Waals surface area contributed by atoms with Gasteiger partial charge in [0.2, 0.25) is 0 Å². The fourth-order valence-electron chi connectivity index (χ4n) is 2.58. The molecule has 5 nitrogen and oxygen atoms in total. The van der Waals surface area contributed by atoms with Crippen LogP contribution in [0, 0.1) is 0 Å². The van der Waals surface area contributed by atoms with Crippen LogP contribution in [-0.4, -0.2) is 31.6 Å². The predicted molar refractivity (Wildman–Crippen MR) is 73.4 cm³/mol. The Morgan fingerprint density at radius 3 is 2.95 bits per heavy atom. The topological polar surface area (TPSA) is 62.4 Å². The van der Waals surface area contributed by atoms with Crippen LogP contribution in [-0.2, 0) is 10.3 Å². The summed E-state index contributed by atoms with van der Waals surface area (Å²) in [5.74, 6) is 0.646. The predicted octanol–water partition coefficient (Wildman–Crippen LogP) is 0.814. The number of ether oxygens (including phenoxy) is 1. The third-order valence-electron chi connectivity index (χ3n) is 3.84. The van der Waals surface area contributed by atoms with E-state index in [4.69, 9.17) is 4.74 Å². The summed E-state index contributed by atoms with van der Waals surface area (Å²) >= 11 is 0. The Hall–Kier alpha value is -1.59. The molecule has 1 amide bonds. The number of rotatable bonds is 1. The first kappa shape index (κ1) is 12.4. The van der Waals surface area contributed by atoms with Gasteiger partial charge in [-0.1, -0.05) is 6.07 Å². The van der Waals surface area contributed by atoms with E-state index in [9.17, 15) is 4.79 Å². The van der Waals surface area contributed by atoms with E-state index in [-0.39, 0.29) is 11.4 Å². The van der Waals surface area contributed by atoms with E-state index in [1.165, 1.54) is 0 Å². The molecule has 1 fully saturated rings. The molecule has 1 aromatic rings. The smallest absolute Gasteiger partial charge is 0.265 e. The minimum Gasteiger partial charge on any atom is -0.479 e. The lowest BCUT2D eigenvalue weighted by atomic mass is 9.90. The first-order valence-corrected chi connectivity index (χ1v) is 6.66. The van der Waals surface area contributed by atoms with Gasteiger partial charge in [-0.2, -0.15) is 0 Å². The average Bonchev–Trinajstić information content (AvgIpc) is 2.40. The summed E-state index contributed by atoms with van der Waals surface area (Å²) in [5.41, 5.74) is 1.80. The van der Waals surface area contributed by atoms with Gasteiger partial charge in [0, 0.05) is 19.6 Å². The number of carbonyl (C=O) groups excluding carboxylic acids is 1. The van der Waals surface area contributed by atoms with Gasteiger partial charge in [-0.25, -0.2) is 0 Å². The molecule has 0 radical (unpaired) electrons. The van der Waals surface area contributed by atoms with Crippen LogP contribution >= 0.6 is 0 Å². The molecule has 2 heterocycles. The number of fused-ring (bicyclic) bond motifs is 1. The van der Waals surface area contributed by atoms with E-state index in [1.54, 1.807) is 6.92 Å². The van der Waals surface area contributed by atoms with Gasteiger partial charge in [0.1, 0.15) is 5.75 Å². The van der Waals surface area contributed by atoms with Crippen molar-refractivity contribution in [3.05, 3.63) is 23.8 Å². The molecule has 2 aliphatic rings. The molecule has 0 bridgehead atoms. The standard InChI is InChI=1S/C14H19N3O2/c1-9-13(18)17-11-7-10(3-4-12(11)19-9)14(2)8-15-5-6-16-14/h3-4,7,9,15-16H,5-6,8H2,1-2H3,(H,17,18). The lowest BCUT2D eigenvalue weighted by molar-refractivity contribution is -0.122. The molecule has 2 atom stereocenters. The Kier molecular flexibility index (Phi) is 2.95. The fraction of sp³-hybridized carbons (Fsp3) is 0.500. The number of piperazine rings is 1. The molecule has 0 aliphatic carbocycles. The molecule has 3 N–H and O–H groups in total. The van der Waals surface area contributed by atoms with Crippen LogP contribution in [0.5, 0.6) is 5.75 Å². The van der Waals surface area contributed by atoms with Gasteiger partial charge in [-0.3, -0.25) is 4.79 Å². The molecular formula is C14H19N3O2. The number of hydrogen-bond donors (Lipinski definition) is 3. The highest BCUT2D eigenvalue weighted by Crippen LogP contribution is 2.34. The molecule has 1 saturated heterocycles. The van der Waals surface area contributed by atoms with E-state index in [1.807, 2.05) is 12.1 Å². The maximum Gasteiger partial charge on any atom is 0.265 e. The Morgan fingerprint density at radius 1 is 1.37 bits per heavy atom. The van der Waals surface area contributed by atoms with Crippen LogP contribution in [0.3, 0.4) is 0 Å². The number of anilines is 1. The molecular weight excluding hydrogens is 242 g/mol. The van der Waals surface area contributed by atoms with Crippen molar-refractivity contribution in [1.29, 1.82) is 0 Å². The van der Waals surface area contributed by atoms with Gasteiger partial charge in [0.25, 0.3) is 5.91 Å². The largest absolute Gasteiger partial charge is 0.479 e. The lowest BCUT2D eigenvalue weighted by Gasteiger charge is -2.37. The lowest BCUT2D eigenvalue weighted by Crippen LogP contribution is -2.55. The first-order valence-electron chi connectivity index (χ1n) is 6.66. The maximum atomic E-state index is 11.7. The molecule has 0 spiro atoms. The second-order valence-electron chi connectivity index (χ2n) is 5.40. The zero-order valence-electron chi connectivity index (χ0n) is 11.2. The van der Waals surface area contributed by atoms with Crippen LogP contribution in [0.1, 0.15) is 19.4 Å². The third kappa shape index (κ3) is 2.19. The molecule has 5 heteroatoms. The SMILES string of the molecule is CC1Oc2ccc(C3(C)CNCCN3)cc2NC1=O. The summed E-state index contributed by atoms with van der Waals surface area (Å²) in [7, 11) is 0.